The highest BCUT2D eigenvalue weighted by Crippen LogP contribution is 2.30. The van der Waals surface area contributed by atoms with E-state index in [2.05, 4.69) is 37.1 Å². The summed E-state index contributed by atoms with van der Waals surface area (Å²) in [5.41, 5.74) is 0.944. The Hall–Kier alpha value is -4.47. The third-order valence-corrected chi connectivity index (χ3v) is 6.43. The van der Waals surface area contributed by atoms with Crippen LogP contribution in [-0.4, -0.2) is 66.6 Å². The molecule has 0 saturated carbocycles. The Morgan fingerprint density at radius 1 is 1.10 bits per heavy atom. The number of amides is 3. The van der Waals surface area contributed by atoms with Crippen molar-refractivity contribution in [1.82, 2.24) is 15.3 Å². The van der Waals surface area contributed by atoms with Crippen LogP contribution < -0.4 is 10.6 Å². The number of hydrogen-bond acceptors (Lipinski definition) is 8. The van der Waals surface area contributed by atoms with Gasteiger partial charge in [0, 0.05) is 73.3 Å². The fourth-order valence-corrected chi connectivity index (χ4v) is 4.23. The van der Waals surface area contributed by atoms with Crippen LogP contribution in [-0.2, 0) is 19.2 Å². The van der Waals surface area contributed by atoms with E-state index in [0.29, 0.717) is 52.3 Å². The van der Waals surface area contributed by atoms with Crippen LogP contribution in [0, 0.1) is 11.3 Å². The summed E-state index contributed by atoms with van der Waals surface area (Å²) in [6.45, 7) is 15.0. The Balaban J connectivity index is 2.26. The SMILES string of the molecule is C=C(/C=C\C(C)C)NCCNc1ccc(C=O)c2c(C(=O)N(C)CC(C)(C)C(=O)ON(C(C)=O)C(=O)CC)cccc12. The van der Waals surface area contributed by atoms with Crippen molar-refractivity contribution >= 4 is 46.4 Å². The van der Waals surface area contributed by atoms with Crippen molar-refractivity contribution in [3.8, 4) is 0 Å². The fraction of sp³-hybridized carbons (Fsp3) is 0.406. The number of allylic oxidation sites excluding steroid dienone is 2. The van der Waals surface area contributed by atoms with E-state index in [1.807, 2.05) is 12.1 Å². The molecule has 10 heteroatoms. The zero-order valence-electron chi connectivity index (χ0n) is 25.6. The number of hydrogen-bond donors (Lipinski definition) is 2. The van der Waals surface area contributed by atoms with Gasteiger partial charge >= 0.3 is 5.97 Å². The number of carbonyl (C=O) groups is 5. The molecule has 0 saturated heterocycles. The molecule has 2 N–H and O–H groups in total. The number of nitrogens with one attached hydrogen (secondary N) is 2. The van der Waals surface area contributed by atoms with Crippen LogP contribution >= 0.6 is 0 Å². The molecule has 226 valence electrons. The van der Waals surface area contributed by atoms with Crippen molar-refractivity contribution in [3.63, 3.8) is 0 Å². The van der Waals surface area contributed by atoms with E-state index in [1.54, 1.807) is 45.0 Å². The van der Waals surface area contributed by atoms with E-state index < -0.39 is 29.1 Å². The Morgan fingerprint density at radius 3 is 2.38 bits per heavy atom. The van der Waals surface area contributed by atoms with E-state index in [-0.39, 0.29) is 13.0 Å². The smallest absolute Gasteiger partial charge is 0.340 e. The summed E-state index contributed by atoms with van der Waals surface area (Å²) in [5, 5.41) is 8.23. The second kappa shape index (κ2) is 15.0. The summed E-state index contributed by atoms with van der Waals surface area (Å²) >= 11 is 0. The van der Waals surface area contributed by atoms with Crippen molar-refractivity contribution in [1.29, 1.82) is 0 Å². The number of carbonyl (C=O) groups excluding carboxylic acids is 5. The number of hydroxylamine groups is 2. The van der Waals surface area contributed by atoms with Gasteiger partial charge in [-0.1, -0.05) is 45.6 Å². The summed E-state index contributed by atoms with van der Waals surface area (Å²) in [5.74, 6) is -2.20. The molecular weight excluding hydrogens is 536 g/mol. The fourth-order valence-electron chi connectivity index (χ4n) is 4.23. The molecule has 0 radical (unpaired) electrons. The van der Waals surface area contributed by atoms with Crippen molar-refractivity contribution in [2.45, 2.75) is 48.0 Å². The molecule has 3 amide bonds. The number of fused-ring (bicyclic) bond motifs is 1. The van der Waals surface area contributed by atoms with Crippen molar-refractivity contribution in [2.24, 2.45) is 11.3 Å². The molecule has 0 unspecified atom stereocenters. The second-order valence-electron chi connectivity index (χ2n) is 11.0. The minimum atomic E-state index is -1.27. The highest BCUT2D eigenvalue weighted by Gasteiger charge is 2.36. The molecule has 2 aromatic carbocycles. The van der Waals surface area contributed by atoms with E-state index in [1.165, 1.54) is 11.9 Å². The molecule has 0 bridgehead atoms. The lowest BCUT2D eigenvalue weighted by Gasteiger charge is -2.30. The maximum absolute atomic E-state index is 13.7. The monoisotopic (exact) mass is 578 g/mol. The highest BCUT2D eigenvalue weighted by atomic mass is 16.7. The molecule has 0 aliphatic carbocycles. The number of nitrogens with zero attached hydrogens (tertiary/aromatic N) is 2. The quantitative estimate of drug-likeness (QED) is 0.151. The summed E-state index contributed by atoms with van der Waals surface area (Å²) in [6, 6.07) is 8.67. The average Bonchev–Trinajstić information content (AvgIpc) is 2.95. The van der Waals surface area contributed by atoms with E-state index >= 15 is 0 Å². The number of benzene rings is 2. The molecule has 0 aromatic heterocycles. The molecule has 2 aromatic rings. The lowest BCUT2D eigenvalue weighted by molar-refractivity contribution is -0.208. The Morgan fingerprint density at radius 2 is 1.79 bits per heavy atom. The Bertz CT molecular complexity index is 1380. The topological polar surface area (TPSA) is 125 Å². The van der Waals surface area contributed by atoms with Crippen molar-refractivity contribution in [3.05, 3.63) is 65.9 Å². The third kappa shape index (κ3) is 8.76. The molecular formula is C32H42N4O6. The van der Waals surface area contributed by atoms with Gasteiger partial charge in [0.1, 0.15) is 0 Å². The molecule has 0 aliphatic heterocycles. The molecule has 0 atom stereocenters. The third-order valence-electron chi connectivity index (χ3n) is 6.43. The maximum atomic E-state index is 13.7. The van der Waals surface area contributed by atoms with E-state index in [4.69, 9.17) is 4.84 Å². The van der Waals surface area contributed by atoms with Crippen LogP contribution in [0.3, 0.4) is 0 Å². The first-order valence-electron chi connectivity index (χ1n) is 13.9. The van der Waals surface area contributed by atoms with Crippen molar-refractivity contribution in [2.75, 3.05) is 32.0 Å². The Kier molecular flexibility index (Phi) is 12.0. The highest BCUT2D eigenvalue weighted by molar-refractivity contribution is 6.15. The molecule has 42 heavy (non-hydrogen) atoms. The zero-order chi connectivity index (χ0) is 31.6. The van der Waals surface area contributed by atoms with Crippen LogP contribution in [0.4, 0.5) is 5.69 Å². The Labute approximate surface area is 247 Å². The first-order valence-corrected chi connectivity index (χ1v) is 13.9. The van der Waals surface area contributed by atoms with Crippen LogP contribution in [0.5, 0.6) is 0 Å². The van der Waals surface area contributed by atoms with Gasteiger partial charge < -0.3 is 20.4 Å². The van der Waals surface area contributed by atoms with Crippen LogP contribution in [0.25, 0.3) is 10.8 Å². The van der Waals surface area contributed by atoms with Crippen LogP contribution in [0.15, 0.2) is 54.8 Å². The van der Waals surface area contributed by atoms with Gasteiger partial charge in [-0.25, -0.2) is 4.79 Å². The van der Waals surface area contributed by atoms with Gasteiger partial charge in [0.15, 0.2) is 6.29 Å². The van der Waals surface area contributed by atoms with Gasteiger partial charge in [0.2, 0.25) is 0 Å². The number of rotatable bonds is 13. The number of anilines is 1. The second-order valence-corrected chi connectivity index (χ2v) is 11.0. The van der Waals surface area contributed by atoms with Crippen molar-refractivity contribution < 1.29 is 28.8 Å². The van der Waals surface area contributed by atoms with E-state index in [9.17, 15) is 24.0 Å². The maximum Gasteiger partial charge on any atom is 0.340 e. The average molecular weight is 579 g/mol. The van der Waals surface area contributed by atoms with Crippen LogP contribution in [0.1, 0.15) is 68.7 Å². The summed E-state index contributed by atoms with van der Waals surface area (Å²) in [7, 11) is 1.53. The van der Waals surface area contributed by atoms with Gasteiger partial charge in [-0.15, -0.1) is 5.06 Å². The van der Waals surface area contributed by atoms with Gasteiger partial charge in [0.25, 0.3) is 17.7 Å². The molecule has 0 aliphatic rings. The van der Waals surface area contributed by atoms with Gasteiger partial charge in [-0.05, 0) is 44.0 Å². The summed E-state index contributed by atoms with van der Waals surface area (Å²) < 4.78 is 0. The summed E-state index contributed by atoms with van der Waals surface area (Å²) in [4.78, 5) is 68.9. The van der Waals surface area contributed by atoms with Gasteiger partial charge in [0.05, 0.1) is 5.41 Å². The molecule has 0 heterocycles. The standard InChI is InChI=1S/C32H42N4O6/c1-9-28(39)36(23(5)38)42-31(41)32(6,7)20-35(8)30(40)26-12-10-11-25-27(16-15-24(19-37)29(25)26)34-18-17-33-22(4)14-13-21(2)3/h10-16,19,21,33-34H,4,9,17-18,20H2,1-3,5-8H3/b14-13-. The minimum Gasteiger partial charge on any atom is -0.384 e. The minimum absolute atomic E-state index is 0.0237. The lowest BCUT2D eigenvalue weighted by Crippen LogP contribution is -2.45. The summed E-state index contributed by atoms with van der Waals surface area (Å²) in [6.07, 6.45) is 4.68. The van der Waals surface area contributed by atoms with Gasteiger partial charge in [-0.3, -0.25) is 19.2 Å². The molecule has 0 fully saturated rings. The molecule has 10 nitrogen and oxygen atoms in total. The predicted octanol–water partition coefficient (Wildman–Crippen LogP) is 4.72. The number of aldehydes is 1. The van der Waals surface area contributed by atoms with Crippen LogP contribution in [0.2, 0.25) is 0 Å². The first-order chi connectivity index (χ1) is 19.7. The lowest BCUT2D eigenvalue weighted by atomic mass is 9.92. The predicted molar refractivity (Wildman–Crippen MR) is 164 cm³/mol. The molecule has 0 spiro atoms. The molecule has 2 rings (SSSR count). The number of imide groups is 1. The van der Waals surface area contributed by atoms with Gasteiger partial charge in [-0.2, -0.15) is 0 Å². The van der Waals surface area contributed by atoms with E-state index in [0.717, 1.165) is 18.3 Å². The normalized spacial score (nSPS) is 11.3. The zero-order valence-corrected chi connectivity index (χ0v) is 25.6. The first kappa shape index (κ1) is 33.7. The largest absolute Gasteiger partial charge is 0.384 e.